The SMILES string of the molecule is C[C@@H](N)c1ccc(OCCC(F)(F)F)cn1. The molecule has 0 saturated heterocycles. The highest BCUT2D eigenvalue weighted by Crippen LogP contribution is 2.20. The van der Waals surface area contributed by atoms with Gasteiger partial charge in [-0.2, -0.15) is 13.2 Å². The number of alkyl halides is 3. The number of hydrogen-bond acceptors (Lipinski definition) is 3. The minimum Gasteiger partial charge on any atom is -0.492 e. The van der Waals surface area contributed by atoms with E-state index in [1.165, 1.54) is 6.20 Å². The van der Waals surface area contributed by atoms with E-state index in [4.69, 9.17) is 10.5 Å². The van der Waals surface area contributed by atoms with Crippen LogP contribution in [0, 0.1) is 0 Å². The van der Waals surface area contributed by atoms with E-state index in [0.717, 1.165) is 0 Å². The van der Waals surface area contributed by atoms with E-state index in [0.29, 0.717) is 11.4 Å². The molecule has 0 saturated carbocycles. The molecule has 0 aliphatic carbocycles. The van der Waals surface area contributed by atoms with Gasteiger partial charge in [0.15, 0.2) is 0 Å². The fourth-order valence-corrected chi connectivity index (χ4v) is 1.03. The summed E-state index contributed by atoms with van der Waals surface area (Å²) >= 11 is 0. The maximum absolute atomic E-state index is 11.8. The molecule has 0 aliphatic heterocycles. The molecule has 90 valence electrons. The molecule has 1 rings (SSSR count). The van der Waals surface area contributed by atoms with Crippen molar-refractivity contribution in [1.29, 1.82) is 0 Å². The van der Waals surface area contributed by atoms with E-state index in [2.05, 4.69) is 4.98 Å². The lowest BCUT2D eigenvalue weighted by Crippen LogP contribution is -2.13. The molecule has 0 aromatic carbocycles. The average Bonchev–Trinajstić information content (AvgIpc) is 2.16. The fourth-order valence-electron chi connectivity index (χ4n) is 1.03. The third kappa shape index (κ3) is 4.48. The summed E-state index contributed by atoms with van der Waals surface area (Å²) in [4.78, 5) is 3.96. The molecule has 0 bridgehead atoms. The molecule has 0 amide bonds. The topological polar surface area (TPSA) is 48.1 Å². The Morgan fingerprint density at radius 3 is 2.56 bits per heavy atom. The summed E-state index contributed by atoms with van der Waals surface area (Å²) in [6.07, 6.45) is -3.80. The molecule has 0 aliphatic rings. The van der Waals surface area contributed by atoms with Crippen LogP contribution in [-0.4, -0.2) is 17.8 Å². The van der Waals surface area contributed by atoms with Crippen LogP contribution in [0.5, 0.6) is 5.75 Å². The molecule has 1 heterocycles. The Bertz CT molecular complexity index is 322. The Labute approximate surface area is 91.4 Å². The van der Waals surface area contributed by atoms with Gasteiger partial charge in [0.1, 0.15) is 5.75 Å². The van der Waals surface area contributed by atoms with Gasteiger partial charge in [-0.15, -0.1) is 0 Å². The van der Waals surface area contributed by atoms with Crippen LogP contribution in [0.2, 0.25) is 0 Å². The van der Waals surface area contributed by atoms with Gasteiger partial charge in [0, 0.05) is 6.04 Å². The molecule has 0 fully saturated rings. The minimum absolute atomic E-state index is 0.204. The molecular formula is C10H13F3N2O. The van der Waals surface area contributed by atoms with E-state index in [1.54, 1.807) is 19.1 Å². The van der Waals surface area contributed by atoms with Crippen LogP contribution in [0.1, 0.15) is 25.1 Å². The van der Waals surface area contributed by atoms with Crippen molar-refractivity contribution < 1.29 is 17.9 Å². The van der Waals surface area contributed by atoms with Gasteiger partial charge < -0.3 is 10.5 Å². The van der Waals surface area contributed by atoms with Crippen LogP contribution in [0.4, 0.5) is 13.2 Å². The minimum atomic E-state index is -4.20. The first kappa shape index (κ1) is 12.8. The van der Waals surface area contributed by atoms with Crippen molar-refractivity contribution in [2.45, 2.75) is 25.6 Å². The number of hydrogen-bond donors (Lipinski definition) is 1. The van der Waals surface area contributed by atoms with E-state index in [1.807, 2.05) is 0 Å². The highest BCUT2D eigenvalue weighted by atomic mass is 19.4. The number of aromatic nitrogens is 1. The van der Waals surface area contributed by atoms with E-state index in [-0.39, 0.29) is 6.04 Å². The largest absolute Gasteiger partial charge is 0.492 e. The van der Waals surface area contributed by atoms with Crippen molar-refractivity contribution >= 4 is 0 Å². The van der Waals surface area contributed by atoms with Gasteiger partial charge in [-0.25, -0.2) is 0 Å². The smallest absolute Gasteiger partial charge is 0.392 e. The standard InChI is InChI=1S/C10H13F3N2O/c1-7(14)9-3-2-8(6-15-9)16-5-4-10(11,12)13/h2-3,6-7H,4-5,14H2,1H3/t7-/m1/s1. The average molecular weight is 234 g/mol. The van der Waals surface area contributed by atoms with Crippen molar-refractivity contribution in [1.82, 2.24) is 4.98 Å². The van der Waals surface area contributed by atoms with Gasteiger partial charge >= 0.3 is 6.18 Å². The Hall–Kier alpha value is -1.30. The molecule has 6 heteroatoms. The Balaban J connectivity index is 2.44. The highest BCUT2D eigenvalue weighted by Gasteiger charge is 2.26. The van der Waals surface area contributed by atoms with Gasteiger partial charge in [0.05, 0.1) is 24.9 Å². The van der Waals surface area contributed by atoms with Gasteiger partial charge in [-0.05, 0) is 19.1 Å². The lowest BCUT2D eigenvalue weighted by atomic mass is 10.2. The normalized spacial score (nSPS) is 13.6. The molecule has 0 radical (unpaired) electrons. The van der Waals surface area contributed by atoms with Crippen LogP contribution in [0.15, 0.2) is 18.3 Å². The summed E-state index contributed by atoms with van der Waals surface area (Å²) in [6.45, 7) is 1.37. The number of pyridine rings is 1. The van der Waals surface area contributed by atoms with Crippen molar-refractivity contribution in [3.8, 4) is 5.75 Å². The number of nitrogens with zero attached hydrogens (tertiary/aromatic N) is 1. The number of halogens is 3. The summed E-state index contributed by atoms with van der Waals surface area (Å²) in [5, 5.41) is 0. The van der Waals surface area contributed by atoms with Gasteiger partial charge in [-0.3, -0.25) is 4.98 Å². The van der Waals surface area contributed by atoms with Gasteiger partial charge in [-0.1, -0.05) is 0 Å². The molecule has 0 unspecified atom stereocenters. The zero-order chi connectivity index (χ0) is 12.2. The van der Waals surface area contributed by atoms with Crippen molar-refractivity contribution in [3.05, 3.63) is 24.0 Å². The lowest BCUT2D eigenvalue weighted by Gasteiger charge is -2.09. The van der Waals surface area contributed by atoms with Crippen LogP contribution >= 0.6 is 0 Å². The van der Waals surface area contributed by atoms with E-state index in [9.17, 15) is 13.2 Å². The Morgan fingerprint density at radius 2 is 2.12 bits per heavy atom. The van der Waals surface area contributed by atoms with Crippen LogP contribution in [0.25, 0.3) is 0 Å². The number of ether oxygens (including phenoxy) is 1. The first-order chi connectivity index (χ1) is 7.38. The quantitative estimate of drug-likeness (QED) is 0.870. The third-order valence-corrected chi connectivity index (χ3v) is 1.88. The fraction of sp³-hybridized carbons (Fsp3) is 0.500. The summed E-state index contributed by atoms with van der Waals surface area (Å²) in [6, 6.07) is 2.99. The zero-order valence-corrected chi connectivity index (χ0v) is 8.79. The van der Waals surface area contributed by atoms with E-state index >= 15 is 0 Å². The summed E-state index contributed by atoms with van der Waals surface area (Å²) < 4.78 is 40.3. The van der Waals surface area contributed by atoms with E-state index < -0.39 is 19.2 Å². The van der Waals surface area contributed by atoms with Crippen molar-refractivity contribution in [2.24, 2.45) is 5.73 Å². The maximum Gasteiger partial charge on any atom is 0.392 e. The monoisotopic (exact) mass is 234 g/mol. The maximum atomic E-state index is 11.8. The van der Waals surface area contributed by atoms with Crippen molar-refractivity contribution in [3.63, 3.8) is 0 Å². The molecule has 2 N–H and O–H groups in total. The molecule has 1 atom stereocenters. The predicted octanol–water partition coefficient (Wildman–Crippen LogP) is 2.43. The number of rotatable bonds is 4. The predicted molar refractivity (Wildman–Crippen MR) is 53.0 cm³/mol. The second-order valence-corrected chi connectivity index (χ2v) is 3.42. The Kier molecular flexibility index (Phi) is 4.12. The van der Waals surface area contributed by atoms with Crippen molar-refractivity contribution in [2.75, 3.05) is 6.61 Å². The zero-order valence-electron chi connectivity index (χ0n) is 8.79. The van der Waals surface area contributed by atoms with Crippen LogP contribution < -0.4 is 10.5 Å². The molecule has 0 spiro atoms. The Morgan fingerprint density at radius 1 is 1.44 bits per heavy atom. The lowest BCUT2D eigenvalue weighted by molar-refractivity contribution is -0.139. The summed E-state index contributed by atoms with van der Waals surface area (Å²) in [5.74, 6) is 0.314. The summed E-state index contributed by atoms with van der Waals surface area (Å²) in [5.41, 5.74) is 6.24. The molecule has 3 nitrogen and oxygen atoms in total. The molecular weight excluding hydrogens is 221 g/mol. The van der Waals surface area contributed by atoms with Gasteiger partial charge in [0.2, 0.25) is 0 Å². The van der Waals surface area contributed by atoms with Gasteiger partial charge in [0.25, 0.3) is 0 Å². The second kappa shape index (κ2) is 5.16. The first-order valence-electron chi connectivity index (χ1n) is 4.79. The molecule has 1 aromatic rings. The highest BCUT2D eigenvalue weighted by molar-refractivity contribution is 5.21. The number of nitrogens with two attached hydrogens (primary N) is 1. The molecule has 16 heavy (non-hydrogen) atoms. The third-order valence-electron chi connectivity index (χ3n) is 1.88. The second-order valence-electron chi connectivity index (χ2n) is 3.42. The molecule has 1 aromatic heterocycles. The summed E-state index contributed by atoms with van der Waals surface area (Å²) in [7, 11) is 0. The van der Waals surface area contributed by atoms with Crippen LogP contribution in [0.3, 0.4) is 0 Å². The van der Waals surface area contributed by atoms with Crippen LogP contribution in [-0.2, 0) is 0 Å². The first-order valence-corrected chi connectivity index (χ1v) is 4.79.